The maximum absolute atomic E-state index is 13.5. The lowest BCUT2D eigenvalue weighted by molar-refractivity contribution is -0.0356. The van der Waals surface area contributed by atoms with E-state index in [0.717, 1.165) is 32.8 Å². The van der Waals surface area contributed by atoms with Gasteiger partial charge < -0.3 is 15.5 Å². The summed E-state index contributed by atoms with van der Waals surface area (Å²) in [6.07, 6.45) is 0.654. The number of aryl methyl sites for hydroxylation is 1. The van der Waals surface area contributed by atoms with Gasteiger partial charge in [-0.25, -0.2) is 4.98 Å². The van der Waals surface area contributed by atoms with Gasteiger partial charge in [-0.2, -0.15) is 8.78 Å². The second-order valence-corrected chi connectivity index (χ2v) is 8.59. The van der Waals surface area contributed by atoms with Crippen LogP contribution in [0.5, 0.6) is 0 Å². The molecule has 1 amide bonds. The van der Waals surface area contributed by atoms with Crippen LogP contribution in [0.3, 0.4) is 0 Å². The molecule has 3 N–H and O–H groups in total. The lowest BCUT2D eigenvalue weighted by Gasteiger charge is -2.34. The van der Waals surface area contributed by atoms with E-state index in [2.05, 4.69) is 20.9 Å². The van der Waals surface area contributed by atoms with Crippen molar-refractivity contribution < 1.29 is 13.6 Å². The molecule has 0 unspecified atom stereocenters. The number of anilines is 2. The Labute approximate surface area is 183 Å². The maximum Gasteiger partial charge on any atom is 0.319 e. The number of piperazine rings is 1. The molecule has 1 aliphatic rings. The zero-order chi connectivity index (χ0) is 22.0. The highest BCUT2D eigenvalue weighted by Gasteiger charge is 2.34. The van der Waals surface area contributed by atoms with Crippen LogP contribution in [0.25, 0.3) is 10.2 Å². The van der Waals surface area contributed by atoms with Crippen molar-refractivity contribution in [2.75, 3.05) is 43.4 Å². The van der Waals surface area contributed by atoms with Crippen LogP contribution in [0.1, 0.15) is 20.9 Å². The summed E-state index contributed by atoms with van der Waals surface area (Å²) in [4.78, 5) is 20.4. The molecule has 0 spiro atoms. The standard InChI is InChI=1S/C22H25F2N5OS/c1-14-3-8-17-18(25-2)19(31-21(17)28-14)20(30)26-10-9-15-4-6-16(7-5-15)29-12-11-27-22(23,24)13-29/h3-8,25,27H,9-13H2,1-2H3,(H,26,30). The number of amides is 1. The topological polar surface area (TPSA) is 69.3 Å². The van der Waals surface area contributed by atoms with Gasteiger partial charge in [0, 0.05) is 43.4 Å². The minimum atomic E-state index is -2.87. The fourth-order valence-electron chi connectivity index (χ4n) is 3.72. The number of pyridine rings is 1. The Balaban J connectivity index is 1.36. The Morgan fingerprint density at radius 2 is 2.03 bits per heavy atom. The average molecular weight is 446 g/mol. The first-order valence-corrected chi connectivity index (χ1v) is 11.0. The second kappa shape index (κ2) is 8.76. The first kappa shape index (κ1) is 21.5. The number of carbonyl (C=O) groups excluding carboxylic acids is 1. The highest BCUT2D eigenvalue weighted by atomic mass is 32.1. The lowest BCUT2D eigenvalue weighted by Crippen LogP contribution is -2.55. The summed E-state index contributed by atoms with van der Waals surface area (Å²) in [6.45, 7) is 2.87. The minimum Gasteiger partial charge on any atom is -0.386 e. The smallest absolute Gasteiger partial charge is 0.319 e. The van der Waals surface area contributed by atoms with Crippen LogP contribution in [0, 0.1) is 6.92 Å². The molecule has 1 saturated heterocycles. The van der Waals surface area contributed by atoms with Crippen molar-refractivity contribution in [1.29, 1.82) is 0 Å². The molecule has 1 aliphatic heterocycles. The molecule has 1 fully saturated rings. The van der Waals surface area contributed by atoms with Crippen LogP contribution in [0.2, 0.25) is 0 Å². The van der Waals surface area contributed by atoms with Crippen molar-refractivity contribution in [3.63, 3.8) is 0 Å². The zero-order valence-corrected chi connectivity index (χ0v) is 18.3. The average Bonchev–Trinajstić information content (AvgIpc) is 3.11. The van der Waals surface area contributed by atoms with Crippen LogP contribution in [0.4, 0.5) is 20.2 Å². The van der Waals surface area contributed by atoms with E-state index in [4.69, 9.17) is 0 Å². The number of fused-ring (bicyclic) bond motifs is 1. The van der Waals surface area contributed by atoms with Gasteiger partial charge in [-0.05, 0) is 43.2 Å². The van der Waals surface area contributed by atoms with Gasteiger partial charge in [0.2, 0.25) is 0 Å². The predicted molar refractivity (Wildman–Crippen MR) is 122 cm³/mol. The second-order valence-electron chi connectivity index (χ2n) is 7.59. The minimum absolute atomic E-state index is 0.135. The van der Waals surface area contributed by atoms with Crippen LogP contribution >= 0.6 is 11.3 Å². The van der Waals surface area contributed by atoms with Crippen LogP contribution < -0.4 is 20.9 Å². The van der Waals surface area contributed by atoms with Gasteiger partial charge in [0.1, 0.15) is 9.71 Å². The molecule has 0 radical (unpaired) electrons. The van der Waals surface area contributed by atoms with Crippen molar-refractivity contribution in [3.8, 4) is 0 Å². The maximum atomic E-state index is 13.5. The summed E-state index contributed by atoms with van der Waals surface area (Å²) in [6, 6.07) is 8.61. The lowest BCUT2D eigenvalue weighted by atomic mass is 10.1. The van der Waals surface area contributed by atoms with E-state index in [1.165, 1.54) is 11.3 Å². The van der Waals surface area contributed by atoms with E-state index in [1.807, 2.05) is 43.3 Å². The van der Waals surface area contributed by atoms with Gasteiger partial charge in [0.05, 0.1) is 12.2 Å². The summed E-state index contributed by atoms with van der Waals surface area (Å²) < 4.78 is 27.1. The largest absolute Gasteiger partial charge is 0.386 e. The van der Waals surface area contributed by atoms with E-state index in [9.17, 15) is 13.6 Å². The molecular formula is C22H25F2N5OS. The molecule has 0 aliphatic carbocycles. The molecule has 4 rings (SSSR count). The number of hydrogen-bond donors (Lipinski definition) is 3. The normalized spacial score (nSPS) is 15.8. The highest BCUT2D eigenvalue weighted by Crippen LogP contribution is 2.34. The Morgan fingerprint density at radius 3 is 2.74 bits per heavy atom. The van der Waals surface area contributed by atoms with Crippen molar-refractivity contribution in [1.82, 2.24) is 15.6 Å². The predicted octanol–water partition coefficient (Wildman–Crippen LogP) is 3.62. The summed E-state index contributed by atoms with van der Waals surface area (Å²) >= 11 is 1.38. The Kier molecular flexibility index (Phi) is 6.06. The van der Waals surface area contributed by atoms with E-state index in [-0.39, 0.29) is 19.0 Å². The Hall–Kier alpha value is -2.78. The summed E-state index contributed by atoms with van der Waals surface area (Å²) in [7, 11) is 1.80. The number of halogens is 2. The third-order valence-electron chi connectivity index (χ3n) is 5.31. The number of carbonyl (C=O) groups is 1. The Morgan fingerprint density at radius 1 is 1.26 bits per heavy atom. The molecule has 0 saturated carbocycles. The van der Waals surface area contributed by atoms with E-state index >= 15 is 0 Å². The number of nitrogens with one attached hydrogen (secondary N) is 3. The third kappa shape index (κ3) is 4.77. The van der Waals surface area contributed by atoms with Gasteiger partial charge in [0.15, 0.2) is 0 Å². The quantitative estimate of drug-likeness (QED) is 0.506. The van der Waals surface area contributed by atoms with Gasteiger partial charge >= 0.3 is 6.05 Å². The van der Waals surface area contributed by atoms with Crippen molar-refractivity contribution in [2.24, 2.45) is 0 Å². The van der Waals surface area contributed by atoms with Crippen LogP contribution in [-0.4, -0.2) is 50.2 Å². The highest BCUT2D eigenvalue weighted by molar-refractivity contribution is 7.21. The molecule has 31 heavy (non-hydrogen) atoms. The molecule has 6 nitrogen and oxygen atoms in total. The van der Waals surface area contributed by atoms with Crippen molar-refractivity contribution in [3.05, 3.63) is 52.5 Å². The van der Waals surface area contributed by atoms with Gasteiger partial charge in [-0.15, -0.1) is 11.3 Å². The zero-order valence-electron chi connectivity index (χ0n) is 17.5. The first-order valence-electron chi connectivity index (χ1n) is 10.2. The number of hydrogen-bond acceptors (Lipinski definition) is 6. The van der Waals surface area contributed by atoms with E-state index < -0.39 is 6.05 Å². The van der Waals surface area contributed by atoms with Crippen LogP contribution in [0.15, 0.2) is 36.4 Å². The summed E-state index contributed by atoms with van der Waals surface area (Å²) in [5.41, 5.74) is 3.52. The number of alkyl halides is 2. The fourth-order valence-corrected chi connectivity index (χ4v) is 4.86. The van der Waals surface area contributed by atoms with Gasteiger partial charge in [0.25, 0.3) is 5.91 Å². The molecule has 9 heteroatoms. The van der Waals surface area contributed by atoms with Gasteiger partial charge in [-0.1, -0.05) is 12.1 Å². The molecule has 0 atom stereocenters. The van der Waals surface area contributed by atoms with Crippen LogP contribution in [-0.2, 0) is 6.42 Å². The van der Waals surface area contributed by atoms with E-state index in [1.54, 1.807) is 11.9 Å². The van der Waals surface area contributed by atoms with Crippen molar-refractivity contribution >= 4 is 38.8 Å². The molecule has 1 aromatic carbocycles. The molecule has 3 heterocycles. The van der Waals surface area contributed by atoms with Gasteiger partial charge in [-0.3, -0.25) is 10.1 Å². The third-order valence-corrected chi connectivity index (χ3v) is 6.40. The monoisotopic (exact) mass is 445 g/mol. The fraction of sp³-hybridized carbons (Fsp3) is 0.364. The Bertz CT molecular complexity index is 1080. The molecule has 2 aromatic heterocycles. The number of rotatable bonds is 6. The number of nitrogens with zero attached hydrogens (tertiary/aromatic N) is 2. The summed E-state index contributed by atoms with van der Waals surface area (Å²) in [5.74, 6) is -0.135. The molecule has 164 valence electrons. The molecular weight excluding hydrogens is 420 g/mol. The SMILES string of the molecule is CNc1c(C(=O)NCCc2ccc(N3CCNC(F)(F)C3)cc2)sc2nc(C)ccc12. The van der Waals surface area contributed by atoms with E-state index in [0.29, 0.717) is 24.4 Å². The number of thiophene rings is 1. The molecule has 3 aromatic rings. The number of benzene rings is 1. The number of aromatic nitrogens is 1. The molecule has 0 bridgehead atoms. The summed E-state index contributed by atoms with van der Waals surface area (Å²) in [5, 5.41) is 9.25. The van der Waals surface area contributed by atoms with Crippen molar-refractivity contribution in [2.45, 2.75) is 19.4 Å². The first-order chi connectivity index (χ1) is 14.9.